The van der Waals surface area contributed by atoms with Crippen LogP contribution in [0.15, 0.2) is 24.3 Å². The Hall–Kier alpha value is -1.95. The van der Waals surface area contributed by atoms with Crippen LogP contribution in [0.3, 0.4) is 0 Å². The first-order valence-corrected chi connectivity index (χ1v) is 9.70. The topological polar surface area (TPSA) is 57.0 Å². The third-order valence-electron chi connectivity index (χ3n) is 3.17. The van der Waals surface area contributed by atoms with Crippen molar-refractivity contribution in [2.24, 2.45) is 0 Å². The molecule has 0 aliphatic carbocycles. The van der Waals surface area contributed by atoms with Crippen molar-refractivity contribution in [2.45, 2.75) is 26.2 Å². The van der Waals surface area contributed by atoms with Gasteiger partial charge in [0, 0.05) is 0 Å². The second-order valence-corrected chi connectivity index (χ2v) is 10.6. The Kier molecular flexibility index (Phi) is 2.56. The van der Waals surface area contributed by atoms with E-state index < -0.39 is 8.07 Å². The van der Waals surface area contributed by atoms with Crippen LogP contribution in [0.5, 0.6) is 0 Å². The van der Waals surface area contributed by atoms with Crippen LogP contribution >= 0.6 is 0 Å². The molecule has 0 bridgehead atoms. The Morgan fingerprint density at radius 1 is 1.26 bits per heavy atom. The fourth-order valence-corrected chi connectivity index (χ4v) is 3.64. The Balaban J connectivity index is 2.26. The zero-order chi connectivity index (χ0) is 13.6. The van der Waals surface area contributed by atoms with Gasteiger partial charge in [-0.1, -0.05) is 37.0 Å². The van der Waals surface area contributed by atoms with Gasteiger partial charge in [0.1, 0.15) is 20.4 Å². The van der Waals surface area contributed by atoms with Gasteiger partial charge >= 0.3 is 5.97 Å². The molecule has 0 spiro atoms. The monoisotopic (exact) mass is 273 g/mol. The molecule has 0 saturated carbocycles. The Bertz CT molecular complexity index is 658. The van der Waals surface area contributed by atoms with Gasteiger partial charge in [-0.15, -0.1) is 5.10 Å². The maximum Gasteiger partial charge on any atom is 0.340 e. The molecule has 1 aromatic carbocycles. The van der Waals surface area contributed by atoms with Crippen LogP contribution < -0.4 is 5.32 Å². The van der Waals surface area contributed by atoms with Gasteiger partial charge < -0.3 is 4.74 Å². The number of esters is 1. The largest absolute Gasteiger partial charge is 0.455 e. The van der Waals surface area contributed by atoms with Gasteiger partial charge in [-0.25, -0.2) is 9.48 Å². The maximum atomic E-state index is 12.0. The fourth-order valence-electron chi connectivity index (χ4n) is 2.25. The molecule has 1 aromatic heterocycles. The lowest BCUT2D eigenvalue weighted by Crippen LogP contribution is -2.41. The lowest BCUT2D eigenvalue weighted by atomic mass is 10.2. The number of hydrogen-bond acceptors (Lipinski definition) is 4. The van der Waals surface area contributed by atoms with Crippen LogP contribution in [0.1, 0.15) is 16.1 Å². The number of hydrogen-bond donors (Lipinski definition) is 0. The van der Waals surface area contributed by atoms with E-state index >= 15 is 0 Å². The first kappa shape index (κ1) is 12.1. The molecule has 2 aromatic rings. The number of ether oxygens (including phenoxy) is 1. The summed E-state index contributed by atoms with van der Waals surface area (Å²) in [6, 6.07) is 7.33. The fraction of sp³-hybridized carbons (Fsp3) is 0.308. The summed E-state index contributed by atoms with van der Waals surface area (Å²) in [6.07, 6.45) is 0. The molecule has 0 atom stereocenters. The van der Waals surface area contributed by atoms with Crippen LogP contribution in [0, 0.1) is 0 Å². The van der Waals surface area contributed by atoms with Crippen molar-refractivity contribution < 1.29 is 9.53 Å². The second kappa shape index (κ2) is 4.02. The summed E-state index contributed by atoms with van der Waals surface area (Å²) in [6.45, 7) is 6.85. The number of benzene rings is 1. The highest BCUT2D eigenvalue weighted by molar-refractivity contribution is 6.88. The van der Waals surface area contributed by atoms with E-state index in [0.717, 1.165) is 16.7 Å². The van der Waals surface area contributed by atoms with Crippen LogP contribution in [-0.2, 0) is 11.3 Å². The van der Waals surface area contributed by atoms with E-state index in [-0.39, 0.29) is 12.6 Å². The standard InChI is InChI=1S/C13H15N3O2Si/c1-19(2,3)12-11-8-18-13(17)9-6-4-5-7-10(9)16(11)15-14-12/h4-7H,8H2,1-3H3. The number of aromatic nitrogens is 3. The Morgan fingerprint density at radius 2 is 2.00 bits per heavy atom. The number of rotatable bonds is 1. The zero-order valence-electron chi connectivity index (χ0n) is 11.2. The molecule has 0 amide bonds. The number of nitrogens with zero attached hydrogens (tertiary/aromatic N) is 3. The predicted octanol–water partition coefficient (Wildman–Crippen LogP) is 1.48. The van der Waals surface area contributed by atoms with E-state index in [0.29, 0.717) is 5.56 Å². The molecule has 0 N–H and O–H groups in total. The number of carbonyl (C=O) groups is 1. The zero-order valence-corrected chi connectivity index (χ0v) is 12.2. The first-order chi connectivity index (χ1) is 8.98. The van der Waals surface area contributed by atoms with Crippen molar-refractivity contribution in [1.82, 2.24) is 15.0 Å². The van der Waals surface area contributed by atoms with E-state index in [1.54, 1.807) is 10.7 Å². The molecule has 2 heterocycles. The SMILES string of the molecule is C[Si](C)(C)c1nnn2c1COC(=O)c1ccccc1-2. The molecule has 3 rings (SSSR count). The lowest BCUT2D eigenvalue weighted by molar-refractivity contribution is 0.0476. The molecule has 0 unspecified atom stereocenters. The lowest BCUT2D eigenvalue weighted by Gasteiger charge is -2.14. The quantitative estimate of drug-likeness (QED) is 0.583. The van der Waals surface area contributed by atoms with E-state index in [1.165, 1.54) is 0 Å². The summed E-state index contributed by atoms with van der Waals surface area (Å²) >= 11 is 0. The summed E-state index contributed by atoms with van der Waals surface area (Å²) in [4.78, 5) is 12.0. The molecule has 0 saturated heterocycles. The third kappa shape index (κ3) is 1.88. The first-order valence-electron chi connectivity index (χ1n) is 6.20. The summed E-state index contributed by atoms with van der Waals surface area (Å²) in [7, 11) is -1.61. The van der Waals surface area contributed by atoms with E-state index in [1.807, 2.05) is 18.2 Å². The van der Waals surface area contributed by atoms with Gasteiger partial charge in [-0.05, 0) is 12.1 Å². The summed E-state index contributed by atoms with van der Waals surface area (Å²) < 4.78 is 7.08. The summed E-state index contributed by atoms with van der Waals surface area (Å²) in [5, 5.41) is 9.54. The molecule has 1 aliphatic heterocycles. The van der Waals surface area contributed by atoms with Crippen molar-refractivity contribution in [3.63, 3.8) is 0 Å². The Morgan fingerprint density at radius 3 is 2.74 bits per heavy atom. The second-order valence-electron chi connectivity index (χ2n) is 5.64. The van der Waals surface area contributed by atoms with E-state index in [9.17, 15) is 4.79 Å². The molecular weight excluding hydrogens is 258 g/mol. The minimum atomic E-state index is -1.61. The molecule has 0 fully saturated rings. The maximum absolute atomic E-state index is 12.0. The smallest absolute Gasteiger partial charge is 0.340 e. The van der Waals surface area contributed by atoms with Crippen LogP contribution in [0.2, 0.25) is 19.6 Å². The van der Waals surface area contributed by atoms with Crippen molar-refractivity contribution >= 4 is 19.4 Å². The highest BCUT2D eigenvalue weighted by atomic mass is 28.3. The van der Waals surface area contributed by atoms with Crippen molar-refractivity contribution in [1.29, 1.82) is 0 Å². The normalized spacial score (nSPS) is 14.4. The van der Waals surface area contributed by atoms with Crippen molar-refractivity contribution in [2.75, 3.05) is 0 Å². The minimum absolute atomic E-state index is 0.236. The number of cyclic esters (lactones) is 1. The van der Waals surface area contributed by atoms with Gasteiger partial charge in [-0.2, -0.15) is 0 Å². The Labute approximate surface area is 112 Å². The van der Waals surface area contributed by atoms with Gasteiger partial charge in [0.25, 0.3) is 0 Å². The molecule has 1 aliphatic rings. The number of carbonyl (C=O) groups excluding carboxylic acids is 1. The molecule has 6 heteroatoms. The van der Waals surface area contributed by atoms with Crippen LogP contribution in [0.25, 0.3) is 5.69 Å². The van der Waals surface area contributed by atoms with Crippen molar-refractivity contribution in [3.8, 4) is 5.69 Å². The molecule has 98 valence electrons. The summed E-state index contributed by atoms with van der Waals surface area (Å²) in [5.74, 6) is -0.303. The van der Waals surface area contributed by atoms with Gasteiger partial charge in [-0.3, -0.25) is 0 Å². The molecule has 0 radical (unpaired) electrons. The van der Waals surface area contributed by atoms with E-state index in [2.05, 4.69) is 30.0 Å². The third-order valence-corrected chi connectivity index (χ3v) is 4.98. The highest BCUT2D eigenvalue weighted by Gasteiger charge is 2.30. The molecule has 19 heavy (non-hydrogen) atoms. The average Bonchev–Trinajstić information content (AvgIpc) is 2.74. The van der Waals surface area contributed by atoms with Gasteiger partial charge in [0.05, 0.1) is 16.6 Å². The van der Waals surface area contributed by atoms with Gasteiger partial charge in [0.2, 0.25) is 0 Å². The summed E-state index contributed by atoms with van der Waals surface area (Å²) in [5.41, 5.74) is 2.18. The van der Waals surface area contributed by atoms with E-state index in [4.69, 9.17) is 4.74 Å². The highest BCUT2D eigenvalue weighted by Crippen LogP contribution is 2.21. The number of fused-ring (bicyclic) bond motifs is 3. The van der Waals surface area contributed by atoms with Crippen LogP contribution in [-0.4, -0.2) is 29.0 Å². The molecule has 5 nitrogen and oxygen atoms in total. The van der Waals surface area contributed by atoms with Crippen molar-refractivity contribution in [3.05, 3.63) is 35.5 Å². The number of para-hydroxylation sites is 1. The average molecular weight is 273 g/mol. The minimum Gasteiger partial charge on any atom is -0.455 e. The molecular formula is C13H15N3O2Si. The van der Waals surface area contributed by atoms with Crippen LogP contribution in [0.4, 0.5) is 0 Å². The predicted molar refractivity (Wildman–Crippen MR) is 73.5 cm³/mol. The van der Waals surface area contributed by atoms with Gasteiger partial charge in [0.15, 0.2) is 0 Å².